The third kappa shape index (κ3) is 4.17. The number of para-hydroxylation sites is 1. The molecule has 2 heterocycles. The predicted octanol–water partition coefficient (Wildman–Crippen LogP) is 3.43. The van der Waals surface area contributed by atoms with Gasteiger partial charge in [0.1, 0.15) is 6.61 Å². The number of benzene rings is 1. The number of thiazole rings is 1. The molecule has 0 atom stereocenters. The van der Waals surface area contributed by atoms with Crippen molar-refractivity contribution < 1.29 is 19.1 Å². The first-order chi connectivity index (χ1) is 13.4. The molecule has 1 aromatic carbocycles. The van der Waals surface area contributed by atoms with Gasteiger partial charge in [-0.05, 0) is 25.0 Å². The van der Waals surface area contributed by atoms with Crippen LogP contribution in [0.1, 0.15) is 34.1 Å². The number of aryl methyl sites for hydroxylation is 2. The van der Waals surface area contributed by atoms with Crippen LogP contribution in [0.5, 0.6) is 0 Å². The number of carbonyl (C=O) groups is 2. The van der Waals surface area contributed by atoms with Gasteiger partial charge in [0.05, 0.1) is 16.9 Å². The van der Waals surface area contributed by atoms with E-state index in [-0.39, 0.29) is 18.1 Å². The SMILES string of the molecule is CC(=O)N(c1nc(COC(=O)c2cc[n+]([O-])cc2)cs1)c1c(C)cccc1C. The number of ether oxygens (including phenoxy) is 1. The van der Waals surface area contributed by atoms with E-state index in [2.05, 4.69) is 4.98 Å². The van der Waals surface area contributed by atoms with Gasteiger partial charge in [-0.1, -0.05) is 18.2 Å². The standard InChI is InChI=1S/C20H19N3O4S/c1-13-5-4-6-14(2)18(13)23(15(3)24)20-21-17(12-28-20)11-27-19(25)16-7-9-22(26)10-8-16/h4-10,12H,11H2,1-3H3. The number of nitrogens with zero attached hydrogens (tertiary/aromatic N) is 3. The van der Waals surface area contributed by atoms with Crippen molar-refractivity contribution in [2.24, 2.45) is 0 Å². The number of amides is 1. The first-order valence-electron chi connectivity index (χ1n) is 8.54. The second kappa shape index (κ2) is 8.18. The Morgan fingerprint density at radius 2 is 1.82 bits per heavy atom. The maximum Gasteiger partial charge on any atom is 0.338 e. The van der Waals surface area contributed by atoms with E-state index in [4.69, 9.17) is 4.74 Å². The van der Waals surface area contributed by atoms with Crippen molar-refractivity contribution in [2.75, 3.05) is 4.90 Å². The fraction of sp³-hybridized carbons (Fsp3) is 0.200. The minimum atomic E-state index is -0.548. The Kier molecular flexibility index (Phi) is 5.70. The van der Waals surface area contributed by atoms with Crippen LogP contribution in [0.4, 0.5) is 10.8 Å². The molecule has 0 aliphatic carbocycles. The molecule has 8 heteroatoms. The zero-order valence-corrected chi connectivity index (χ0v) is 16.5. The summed E-state index contributed by atoms with van der Waals surface area (Å²) in [5.74, 6) is -0.696. The third-order valence-corrected chi connectivity index (χ3v) is 4.97. The van der Waals surface area contributed by atoms with Crippen LogP contribution in [0.3, 0.4) is 0 Å². The molecule has 0 bridgehead atoms. The van der Waals surface area contributed by atoms with Gasteiger partial charge in [0.15, 0.2) is 17.5 Å². The summed E-state index contributed by atoms with van der Waals surface area (Å²) in [6.07, 6.45) is 2.46. The average Bonchev–Trinajstić information content (AvgIpc) is 3.11. The molecule has 2 aromatic heterocycles. The molecule has 144 valence electrons. The Morgan fingerprint density at radius 3 is 2.43 bits per heavy atom. The lowest BCUT2D eigenvalue weighted by Crippen LogP contribution is -2.24. The number of aromatic nitrogens is 2. The first kappa shape index (κ1) is 19.5. The van der Waals surface area contributed by atoms with E-state index in [0.29, 0.717) is 15.6 Å². The minimum absolute atomic E-state index is 0.0277. The first-order valence-corrected chi connectivity index (χ1v) is 9.42. The minimum Gasteiger partial charge on any atom is -0.619 e. The van der Waals surface area contributed by atoms with Crippen LogP contribution < -0.4 is 9.63 Å². The van der Waals surface area contributed by atoms with Gasteiger partial charge in [0.25, 0.3) is 0 Å². The quantitative estimate of drug-likeness (QED) is 0.374. The van der Waals surface area contributed by atoms with Crippen LogP contribution in [-0.2, 0) is 16.1 Å². The summed E-state index contributed by atoms with van der Waals surface area (Å²) in [5, 5.41) is 13.3. The van der Waals surface area contributed by atoms with Crippen LogP contribution in [-0.4, -0.2) is 16.9 Å². The van der Waals surface area contributed by atoms with Gasteiger partial charge in [0.2, 0.25) is 5.91 Å². The fourth-order valence-corrected chi connectivity index (χ4v) is 3.64. The van der Waals surface area contributed by atoms with E-state index in [1.807, 2.05) is 32.0 Å². The smallest absolute Gasteiger partial charge is 0.338 e. The summed E-state index contributed by atoms with van der Waals surface area (Å²) >= 11 is 1.31. The lowest BCUT2D eigenvalue weighted by Gasteiger charge is -2.22. The molecule has 0 saturated heterocycles. The summed E-state index contributed by atoms with van der Waals surface area (Å²) in [5.41, 5.74) is 3.57. The van der Waals surface area contributed by atoms with Crippen LogP contribution >= 0.6 is 11.3 Å². The van der Waals surface area contributed by atoms with Crippen LogP contribution in [0.15, 0.2) is 48.1 Å². The van der Waals surface area contributed by atoms with Gasteiger partial charge in [-0.25, -0.2) is 9.78 Å². The van der Waals surface area contributed by atoms with E-state index >= 15 is 0 Å². The van der Waals surface area contributed by atoms with Crippen molar-refractivity contribution in [3.63, 3.8) is 0 Å². The second-order valence-corrected chi connectivity index (χ2v) is 7.08. The molecular weight excluding hydrogens is 378 g/mol. The van der Waals surface area contributed by atoms with Gasteiger partial charge in [-0.2, -0.15) is 4.73 Å². The summed E-state index contributed by atoms with van der Waals surface area (Å²) in [4.78, 5) is 30.4. The molecule has 0 aliphatic rings. The van der Waals surface area contributed by atoms with Crippen molar-refractivity contribution in [1.82, 2.24) is 4.98 Å². The van der Waals surface area contributed by atoms with Gasteiger partial charge >= 0.3 is 5.97 Å². The van der Waals surface area contributed by atoms with E-state index in [9.17, 15) is 14.8 Å². The van der Waals surface area contributed by atoms with Crippen molar-refractivity contribution in [1.29, 1.82) is 0 Å². The van der Waals surface area contributed by atoms with Crippen LogP contribution in [0.25, 0.3) is 0 Å². The largest absolute Gasteiger partial charge is 0.619 e. The molecule has 0 saturated carbocycles. The second-order valence-electron chi connectivity index (χ2n) is 6.24. The number of hydrogen-bond donors (Lipinski definition) is 0. The van der Waals surface area contributed by atoms with Crippen LogP contribution in [0.2, 0.25) is 0 Å². The maximum atomic E-state index is 12.3. The lowest BCUT2D eigenvalue weighted by atomic mass is 10.1. The normalized spacial score (nSPS) is 10.5. The Balaban J connectivity index is 1.77. The number of esters is 1. The zero-order chi connectivity index (χ0) is 20.3. The molecule has 0 aliphatic heterocycles. The predicted molar refractivity (Wildman–Crippen MR) is 105 cm³/mol. The molecular formula is C20H19N3O4S. The molecule has 0 fully saturated rings. The Hall–Kier alpha value is -3.26. The monoisotopic (exact) mass is 397 g/mol. The molecule has 0 N–H and O–H groups in total. The highest BCUT2D eigenvalue weighted by Gasteiger charge is 2.21. The number of anilines is 2. The zero-order valence-electron chi connectivity index (χ0n) is 15.7. The number of rotatable bonds is 5. The van der Waals surface area contributed by atoms with Crippen molar-refractivity contribution in [2.45, 2.75) is 27.4 Å². The summed E-state index contributed by atoms with van der Waals surface area (Å²) in [6, 6.07) is 8.61. The highest BCUT2D eigenvalue weighted by molar-refractivity contribution is 7.14. The Labute approximate surface area is 166 Å². The topological polar surface area (TPSA) is 86.4 Å². The summed E-state index contributed by atoms with van der Waals surface area (Å²) in [6.45, 7) is 5.35. The van der Waals surface area contributed by atoms with Gasteiger partial charge in [0, 0.05) is 24.4 Å². The Morgan fingerprint density at radius 1 is 1.18 bits per heavy atom. The van der Waals surface area contributed by atoms with Gasteiger partial charge in [-0.15, -0.1) is 11.3 Å². The lowest BCUT2D eigenvalue weighted by molar-refractivity contribution is -0.605. The van der Waals surface area contributed by atoms with Crippen molar-refractivity contribution in [3.8, 4) is 0 Å². The average molecular weight is 397 g/mol. The molecule has 0 spiro atoms. The third-order valence-electron chi connectivity index (χ3n) is 4.10. The molecule has 0 unspecified atom stereocenters. The van der Waals surface area contributed by atoms with E-state index in [1.54, 1.807) is 10.3 Å². The molecule has 28 heavy (non-hydrogen) atoms. The highest BCUT2D eigenvalue weighted by atomic mass is 32.1. The van der Waals surface area contributed by atoms with Crippen molar-refractivity contribution >= 4 is 34.0 Å². The number of carbonyl (C=O) groups excluding carboxylic acids is 2. The van der Waals surface area contributed by atoms with E-state index in [1.165, 1.54) is 42.8 Å². The molecule has 0 radical (unpaired) electrons. The maximum absolute atomic E-state index is 12.3. The molecule has 3 rings (SSSR count). The molecule has 7 nitrogen and oxygen atoms in total. The van der Waals surface area contributed by atoms with Gasteiger partial charge in [-0.3, -0.25) is 9.69 Å². The molecule has 1 amide bonds. The Bertz CT molecular complexity index is 994. The van der Waals surface area contributed by atoms with Gasteiger partial charge < -0.3 is 9.94 Å². The summed E-state index contributed by atoms with van der Waals surface area (Å²) in [7, 11) is 0. The van der Waals surface area contributed by atoms with E-state index in [0.717, 1.165) is 16.8 Å². The number of pyridine rings is 1. The summed E-state index contributed by atoms with van der Waals surface area (Å²) < 4.78 is 5.84. The fourth-order valence-electron chi connectivity index (χ4n) is 2.78. The highest BCUT2D eigenvalue weighted by Crippen LogP contribution is 2.33. The number of hydrogen-bond acceptors (Lipinski definition) is 6. The molecule has 3 aromatic rings. The van der Waals surface area contributed by atoms with Crippen molar-refractivity contribution in [3.05, 3.63) is 75.7 Å². The van der Waals surface area contributed by atoms with Crippen LogP contribution in [0, 0.1) is 19.1 Å². The van der Waals surface area contributed by atoms with E-state index < -0.39 is 5.97 Å².